The lowest BCUT2D eigenvalue weighted by atomic mass is 10.0. The number of para-hydroxylation sites is 1. The summed E-state index contributed by atoms with van der Waals surface area (Å²) in [5.74, 6) is 1.71. The molecule has 0 aliphatic heterocycles. The summed E-state index contributed by atoms with van der Waals surface area (Å²) in [6.07, 6.45) is 3.98. The molecule has 108 valence electrons. The van der Waals surface area contributed by atoms with Crippen LogP contribution in [0.2, 0.25) is 0 Å². The minimum atomic E-state index is 0.172. The van der Waals surface area contributed by atoms with E-state index >= 15 is 0 Å². The molecule has 0 heterocycles. The molecule has 19 heavy (non-hydrogen) atoms. The van der Waals surface area contributed by atoms with Crippen molar-refractivity contribution < 1.29 is 9.47 Å². The second-order valence-electron chi connectivity index (χ2n) is 4.75. The number of rotatable bonds is 9. The Balaban J connectivity index is 2.89. The van der Waals surface area contributed by atoms with Gasteiger partial charge in [-0.15, -0.1) is 0 Å². The second kappa shape index (κ2) is 8.81. The molecule has 3 nitrogen and oxygen atoms in total. The van der Waals surface area contributed by atoms with E-state index in [9.17, 15) is 0 Å². The van der Waals surface area contributed by atoms with Crippen LogP contribution in [0.4, 0.5) is 0 Å². The summed E-state index contributed by atoms with van der Waals surface area (Å²) in [6, 6.07) is 6.23. The van der Waals surface area contributed by atoms with Crippen molar-refractivity contribution in [2.75, 3.05) is 13.2 Å². The topological polar surface area (TPSA) is 44.5 Å². The van der Waals surface area contributed by atoms with E-state index in [4.69, 9.17) is 15.2 Å². The Hall–Kier alpha value is -1.22. The van der Waals surface area contributed by atoms with Gasteiger partial charge in [0.2, 0.25) is 0 Å². The third kappa shape index (κ3) is 5.11. The average Bonchev–Trinajstić information content (AvgIpc) is 2.42. The Labute approximate surface area is 117 Å². The molecule has 0 fully saturated rings. The lowest BCUT2D eigenvalue weighted by Crippen LogP contribution is -2.22. The van der Waals surface area contributed by atoms with Gasteiger partial charge in [0.25, 0.3) is 0 Å². The standard InChI is InChI=1S/C16H27NO2/c1-4-7-11-19-16-13(12-14(17)5-2)9-8-10-15(16)18-6-3/h8-10,14H,4-7,11-12,17H2,1-3H3. The summed E-state index contributed by atoms with van der Waals surface area (Å²) in [5.41, 5.74) is 7.21. The van der Waals surface area contributed by atoms with Crippen molar-refractivity contribution in [2.24, 2.45) is 5.73 Å². The smallest absolute Gasteiger partial charge is 0.164 e. The fourth-order valence-electron chi connectivity index (χ4n) is 1.90. The van der Waals surface area contributed by atoms with Gasteiger partial charge in [0, 0.05) is 6.04 Å². The summed E-state index contributed by atoms with van der Waals surface area (Å²) in [6.45, 7) is 7.63. The minimum absolute atomic E-state index is 0.172. The zero-order chi connectivity index (χ0) is 14.1. The van der Waals surface area contributed by atoms with Crippen LogP contribution in [0.15, 0.2) is 18.2 Å². The van der Waals surface area contributed by atoms with Gasteiger partial charge in [-0.25, -0.2) is 0 Å². The van der Waals surface area contributed by atoms with Crippen molar-refractivity contribution in [3.8, 4) is 11.5 Å². The number of unbranched alkanes of at least 4 members (excludes halogenated alkanes) is 1. The molecule has 2 N–H and O–H groups in total. The highest BCUT2D eigenvalue weighted by molar-refractivity contribution is 5.47. The zero-order valence-electron chi connectivity index (χ0n) is 12.4. The first-order chi connectivity index (χ1) is 9.22. The van der Waals surface area contributed by atoms with Gasteiger partial charge in [0.15, 0.2) is 11.5 Å². The van der Waals surface area contributed by atoms with Crippen LogP contribution < -0.4 is 15.2 Å². The van der Waals surface area contributed by atoms with Crippen LogP contribution in [0.25, 0.3) is 0 Å². The number of hydrogen-bond acceptors (Lipinski definition) is 3. The molecule has 0 bridgehead atoms. The van der Waals surface area contributed by atoms with Crippen LogP contribution in [-0.2, 0) is 6.42 Å². The molecule has 1 aromatic rings. The SMILES string of the molecule is CCCCOc1c(CC(N)CC)cccc1OCC. The minimum Gasteiger partial charge on any atom is -0.490 e. The first-order valence-corrected chi connectivity index (χ1v) is 7.35. The van der Waals surface area contributed by atoms with E-state index in [1.807, 2.05) is 19.1 Å². The van der Waals surface area contributed by atoms with Gasteiger partial charge in [-0.05, 0) is 37.8 Å². The van der Waals surface area contributed by atoms with E-state index in [0.717, 1.165) is 49.4 Å². The summed E-state index contributed by atoms with van der Waals surface area (Å²) < 4.78 is 11.6. The molecule has 3 heteroatoms. The fraction of sp³-hybridized carbons (Fsp3) is 0.625. The molecular formula is C16H27NO2. The maximum Gasteiger partial charge on any atom is 0.164 e. The number of benzene rings is 1. The van der Waals surface area contributed by atoms with Crippen molar-refractivity contribution >= 4 is 0 Å². The molecule has 1 aromatic carbocycles. The molecule has 1 rings (SSSR count). The Morgan fingerprint density at radius 2 is 1.95 bits per heavy atom. The molecule has 0 radical (unpaired) electrons. The molecule has 1 unspecified atom stereocenters. The second-order valence-corrected chi connectivity index (χ2v) is 4.75. The molecule has 0 amide bonds. The number of nitrogens with two attached hydrogens (primary N) is 1. The van der Waals surface area contributed by atoms with Crippen molar-refractivity contribution in [3.63, 3.8) is 0 Å². The average molecular weight is 265 g/mol. The summed E-state index contributed by atoms with van der Waals surface area (Å²) in [5, 5.41) is 0. The summed E-state index contributed by atoms with van der Waals surface area (Å²) in [4.78, 5) is 0. The van der Waals surface area contributed by atoms with E-state index in [1.54, 1.807) is 0 Å². The van der Waals surface area contributed by atoms with Crippen LogP contribution in [0.3, 0.4) is 0 Å². The highest BCUT2D eigenvalue weighted by atomic mass is 16.5. The van der Waals surface area contributed by atoms with Crippen LogP contribution in [-0.4, -0.2) is 19.3 Å². The predicted octanol–water partition coefficient (Wildman–Crippen LogP) is 3.54. The summed E-state index contributed by atoms with van der Waals surface area (Å²) in [7, 11) is 0. The quantitative estimate of drug-likeness (QED) is 0.694. The predicted molar refractivity (Wildman–Crippen MR) is 80.0 cm³/mol. The van der Waals surface area contributed by atoms with Crippen molar-refractivity contribution in [3.05, 3.63) is 23.8 Å². The third-order valence-electron chi connectivity index (χ3n) is 3.11. The maximum absolute atomic E-state index is 6.06. The molecule has 0 aliphatic rings. The van der Waals surface area contributed by atoms with Gasteiger partial charge in [-0.2, -0.15) is 0 Å². The summed E-state index contributed by atoms with van der Waals surface area (Å²) >= 11 is 0. The Bertz CT molecular complexity index is 366. The van der Waals surface area contributed by atoms with E-state index in [1.165, 1.54) is 0 Å². The van der Waals surface area contributed by atoms with Crippen molar-refractivity contribution in [1.82, 2.24) is 0 Å². The van der Waals surface area contributed by atoms with E-state index in [-0.39, 0.29) is 6.04 Å². The first-order valence-electron chi connectivity index (χ1n) is 7.35. The van der Waals surface area contributed by atoms with Gasteiger partial charge in [0.05, 0.1) is 13.2 Å². The van der Waals surface area contributed by atoms with Crippen molar-refractivity contribution in [2.45, 2.75) is 52.5 Å². The lowest BCUT2D eigenvalue weighted by molar-refractivity contribution is 0.269. The van der Waals surface area contributed by atoms with Gasteiger partial charge in [0.1, 0.15) is 0 Å². The zero-order valence-corrected chi connectivity index (χ0v) is 12.4. The van der Waals surface area contributed by atoms with Crippen molar-refractivity contribution in [1.29, 1.82) is 0 Å². The normalized spacial score (nSPS) is 12.2. The Kier molecular flexibility index (Phi) is 7.34. The van der Waals surface area contributed by atoms with Crippen LogP contribution in [0, 0.1) is 0 Å². The van der Waals surface area contributed by atoms with E-state index in [2.05, 4.69) is 19.9 Å². The molecule has 0 spiro atoms. The Morgan fingerprint density at radius 1 is 1.16 bits per heavy atom. The monoisotopic (exact) mass is 265 g/mol. The molecule has 0 saturated carbocycles. The number of ether oxygens (including phenoxy) is 2. The van der Waals surface area contributed by atoms with Crippen LogP contribution >= 0.6 is 0 Å². The molecule has 0 saturated heterocycles. The molecular weight excluding hydrogens is 238 g/mol. The van der Waals surface area contributed by atoms with Gasteiger partial charge >= 0.3 is 0 Å². The van der Waals surface area contributed by atoms with Crippen LogP contribution in [0.1, 0.15) is 45.6 Å². The third-order valence-corrected chi connectivity index (χ3v) is 3.11. The van der Waals surface area contributed by atoms with Gasteiger partial charge in [-0.1, -0.05) is 32.4 Å². The fourth-order valence-corrected chi connectivity index (χ4v) is 1.90. The first kappa shape index (κ1) is 15.8. The number of hydrogen-bond donors (Lipinski definition) is 1. The van der Waals surface area contributed by atoms with E-state index < -0.39 is 0 Å². The largest absolute Gasteiger partial charge is 0.490 e. The van der Waals surface area contributed by atoms with Crippen LogP contribution in [0.5, 0.6) is 11.5 Å². The highest BCUT2D eigenvalue weighted by Gasteiger charge is 2.13. The van der Waals surface area contributed by atoms with Gasteiger partial charge < -0.3 is 15.2 Å². The molecule has 0 aliphatic carbocycles. The lowest BCUT2D eigenvalue weighted by Gasteiger charge is -2.17. The Morgan fingerprint density at radius 3 is 2.58 bits per heavy atom. The van der Waals surface area contributed by atoms with E-state index in [0.29, 0.717) is 6.61 Å². The molecule has 0 aromatic heterocycles. The molecule has 1 atom stereocenters. The maximum atomic E-state index is 6.06. The van der Waals surface area contributed by atoms with Gasteiger partial charge in [-0.3, -0.25) is 0 Å². The highest BCUT2D eigenvalue weighted by Crippen LogP contribution is 2.32.